The predicted octanol–water partition coefficient (Wildman–Crippen LogP) is 8.45. The van der Waals surface area contributed by atoms with Gasteiger partial charge in [-0.25, -0.2) is 4.79 Å². The summed E-state index contributed by atoms with van der Waals surface area (Å²) in [5.74, 6) is 1.07. The maximum atomic E-state index is 13.6. The molecule has 0 aromatic heterocycles. The zero-order chi connectivity index (χ0) is 57.0. The van der Waals surface area contributed by atoms with E-state index >= 15 is 0 Å². The minimum Gasteiger partial charge on any atom is -0.493 e. The van der Waals surface area contributed by atoms with E-state index in [1.165, 1.54) is 25.3 Å². The number of carbonyl (C=O) groups is 4. The smallest absolute Gasteiger partial charge is 0.407 e. The number of fused-ring (bicyclic) bond motifs is 7. The summed E-state index contributed by atoms with van der Waals surface area (Å²) in [4.78, 5) is 65.6. The molecule has 0 radical (unpaired) electrons. The molecule has 19 nitrogen and oxygen atoms in total. The fraction of sp³-hybridized carbons (Fsp3) is 0.365. The third kappa shape index (κ3) is 13.7. The van der Waals surface area contributed by atoms with E-state index in [-0.39, 0.29) is 75.1 Å². The molecule has 5 aromatic carbocycles. The lowest BCUT2D eigenvalue weighted by Gasteiger charge is -2.20. The highest BCUT2D eigenvalue weighted by atomic mass is 16.6. The molecule has 2 atom stereocenters. The Bertz CT molecular complexity index is 3090. The first kappa shape index (κ1) is 56.9. The number of nitrogens with zero attached hydrogens (tertiary/aromatic N) is 4. The number of hydrogen-bond donors (Lipinski definition) is 2. The second-order valence-electron chi connectivity index (χ2n) is 20.5. The minimum absolute atomic E-state index is 0.0000909. The quantitative estimate of drug-likeness (QED) is 0.0375. The van der Waals surface area contributed by atoms with E-state index in [0.717, 1.165) is 39.0 Å². The van der Waals surface area contributed by atoms with Crippen molar-refractivity contribution in [2.45, 2.75) is 57.0 Å². The van der Waals surface area contributed by atoms with Gasteiger partial charge in [0.05, 0.1) is 102 Å². The Kier molecular flexibility index (Phi) is 18.7. The summed E-state index contributed by atoms with van der Waals surface area (Å²) in [5, 5.41) is 5.75. The Hall–Kier alpha value is -8.36. The lowest BCUT2D eigenvalue weighted by Crippen LogP contribution is -2.35. The van der Waals surface area contributed by atoms with E-state index in [4.69, 9.17) is 42.6 Å². The number of ether oxygens (including phenoxy) is 9. The molecule has 4 aliphatic heterocycles. The van der Waals surface area contributed by atoms with Crippen LogP contribution in [0.15, 0.2) is 125 Å². The highest BCUT2D eigenvalue weighted by molar-refractivity contribution is 6.05. The standard InChI is InChI=1S/C63H68N6O13/c1-40-23-45-33-65-54-30-58(56(74-3)28-51(54)61(71)68(45)35-40)80-37-43-25-42(26-44(27-43)38-81-59-31-55-52(29-57(59)75-4)62(72)69-36-41(2)24-46(69)34-66-55)32-67-60(70)13-15-76-17-19-78-21-22-79-20-18-77-16-14-64-63(73)82-39-53-49-11-7-5-9-47(49)48-10-6-8-12-50(48)53/h5-12,25-31,33-34,45-46,53H,1-2,13-24,32,35-39H2,3-4H3,(H,64,73)(H,67,70)/t45-,46-/m0/s1. The highest BCUT2D eigenvalue weighted by Gasteiger charge is 2.36. The number of methoxy groups -OCH3 is 2. The zero-order valence-corrected chi connectivity index (χ0v) is 46.3. The summed E-state index contributed by atoms with van der Waals surface area (Å²) in [6.07, 6.45) is 4.54. The van der Waals surface area contributed by atoms with Crippen LogP contribution in [0.25, 0.3) is 11.1 Å². The number of nitrogens with one attached hydrogen (secondary N) is 2. The van der Waals surface area contributed by atoms with Crippen LogP contribution in [-0.2, 0) is 48.2 Å². The minimum atomic E-state index is -0.484. The van der Waals surface area contributed by atoms with Crippen molar-refractivity contribution in [3.8, 4) is 34.1 Å². The van der Waals surface area contributed by atoms with Crippen molar-refractivity contribution in [2.24, 2.45) is 9.98 Å². The largest absolute Gasteiger partial charge is 0.493 e. The molecule has 5 aromatic rings. The SMILES string of the molecule is C=C1C[C@H]2C=Nc3cc(OCc4cc(CNC(=O)CCOCCOCCOCCOCCNC(=O)OCC5c6ccccc6-c6ccccc65)cc(COc5cc6c(cc5OC)C(=O)N5CC(=C)C[C@H]5C=N6)c4)c(OC)cc3C(=O)N2C1. The lowest BCUT2D eigenvalue weighted by atomic mass is 9.98. The first-order chi connectivity index (χ1) is 40.0. The maximum absolute atomic E-state index is 13.6. The second kappa shape index (κ2) is 26.9. The average molecular weight is 1120 g/mol. The first-order valence-corrected chi connectivity index (χ1v) is 27.5. The normalized spacial score (nSPS) is 16.6. The molecule has 19 heteroatoms. The van der Waals surface area contributed by atoms with Gasteiger partial charge in [0.1, 0.15) is 19.8 Å². The molecule has 428 valence electrons. The summed E-state index contributed by atoms with van der Waals surface area (Å²) >= 11 is 0. The van der Waals surface area contributed by atoms with Gasteiger partial charge in [0.2, 0.25) is 5.91 Å². The highest BCUT2D eigenvalue weighted by Crippen LogP contribution is 2.45. The molecule has 0 unspecified atom stereocenters. The molecule has 2 fully saturated rings. The van der Waals surface area contributed by atoms with Gasteiger partial charge in [-0.15, -0.1) is 0 Å². The molecule has 82 heavy (non-hydrogen) atoms. The third-order valence-electron chi connectivity index (χ3n) is 14.7. The Morgan fingerprint density at radius 3 is 1.56 bits per heavy atom. The summed E-state index contributed by atoms with van der Waals surface area (Å²) in [6, 6.07) is 28.7. The van der Waals surface area contributed by atoms with Crippen LogP contribution in [-0.4, -0.2) is 151 Å². The molecule has 5 aliphatic rings. The van der Waals surface area contributed by atoms with Crippen molar-refractivity contribution < 1.29 is 61.8 Å². The summed E-state index contributed by atoms with van der Waals surface area (Å²) in [5.41, 5.74) is 10.8. The van der Waals surface area contributed by atoms with Crippen molar-refractivity contribution in [3.05, 3.63) is 154 Å². The Morgan fingerprint density at radius 1 is 0.573 bits per heavy atom. The molecule has 4 heterocycles. The fourth-order valence-corrected chi connectivity index (χ4v) is 10.7. The number of aliphatic imine (C=N–C) groups is 2. The Balaban J connectivity index is 0.653. The van der Waals surface area contributed by atoms with Gasteiger partial charge < -0.3 is 63.1 Å². The number of rotatable bonds is 27. The molecule has 2 saturated heterocycles. The number of alkyl carbamates (subject to hydrolysis) is 1. The first-order valence-electron chi connectivity index (χ1n) is 27.5. The van der Waals surface area contributed by atoms with Crippen LogP contribution in [0.2, 0.25) is 0 Å². The van der Waals surface area contributed by atoms with Crippen LogP contribution in [0.3, 0.4) is 0 Å². The number of amides is 4. The maximum Gasteiger partial charge on any atom is 0.407 e. The van der Waals surface area contributed by atoms with E-state index in [1.807, 2.05) is 42.5 Å². The van der Waals surface area contributed by atoms with Crippen LogP contribution < -0.4 is 29.6 Å². The van der Waals surface area contributed by atoms with Crippen LogP contribution in [0.5, 0.6) is 23.0 Å². The molecular weight excluding hydrogens is 1050 g/mol. The van der Waals surface area contributed by atoms with Crippen molar-refractivity contribution in [1.82, 2.24) is 20.4 Å². The van der Waals surface area contributed by atoms with E-state index in [0.29, 0.717) is 124 Å². The predicted molar refractivity (Wildman–Crippen MR) is 307 cm³/mol. The van der Waals surface area contributed by atoms with Crippen LogP contribution in [0, 0.1) is 0 Å². The Morgan fingerprint density at radius 2 is 1.05 bits per heavy atom. The van der Waals surface area contributed by atoms with Gasteiger partial charge in [0, 0.05) is 63.1 Å². The van der Waals surface area contributed by atoms with Gasteiger partial charge in [-0.3, -0.25) is 24.4 Å². The molecular formula is C63H68N6O13. The topological polar surface area (TPSA) is 207 Å². The molecule has 0 spiro atoms. The van der Waals surface area contributed by atoms with Gasteiger partial charge >= 0.3 is 6.09 Å². The van der Waals surface area contributed by atoms with E-state index in [1.54, 1.807) is 46.5 Å². The van der Waals surface area contributed by atoms with Gasteiger partial charge in [-0.1, -0.05) is 85.0 Å². The molecule has 2 N–H and O–H groups in total. The summed E-state index contributed by atoms with van der Waals surface area (Å²) in [7, 11) is 3.04. The van der Waals surface area contributed by atoms with Crippen LogP contribution in [0.1, 0.15) is 73.7 Å². The fourth-order valence-electron chi connectivity index (χ4n) is 10.7. The number of benzene rings is 5. The third-order valence-corrected chi connectivity index (χ3v) is 14.7. The van der Waals surface area contributed by atoms with Gasteiger partial charge in [-0.05, 0) is 70.0 Å². The number of hydrogen-bond acceptors (Lipinski definition) is 15. The molecule has 1 aliphatic carbocycles. The molecule has 0 bridgehead atoms. The van der Waals surface area contributed by atoms with Crippen molar-refractivity contribution in [2.75, 3.05) is 93.3 Å². The van der Waals surface area contributed by atoms with Crippen molar-refractivity contribution in [3.63, 3.8) is 0 Å². The van der Waals surface area contributed by atoms with Gasteiger partial charge in [0.15, 0.2) is 23.0 Å². The summed E-state index contributed by atoms with van der Waals surface area (Å²) < 4.78 is 52.3. The molecule has 4 amide bonds. The van der Waals surface area contributed by atoms with E-state index < -0.39 is 6.09 Å². The average Bonchev–Trinajstić information content (AvgIpc) is 4.22. The lowest BCUT2D eigenvalue weighted by molar-refractivity contribution is -0.122. The summed E-state index contributed by atoms with van der Waals surface area (Å²) in [6.45, 7) is 12.7. The van der Waals surface area contributed by atoms with Gasteiger partial charge in [0.25, 0.3) is 11.8 Å². The van der Waals surface area contributed by atoms with Crippen molar-refractivity contribution >= 4 is 47.6 Å². The van der Waals surface area contributed by atoms with Crippen LogP contribution >= 0.6 is 0 Å². The zero-order valence-electron chi connectivity index (χ0n) is 46.3. The second-order valence-corrected chi connectivity index (χ2v) is 20.5. The van der Waals surface area contributed by atoms with Gasteiger partial charge in [-0.2, -0.15) is 0 Å². The molecule has 10 rings (SSSR count). The molecule has 0 saturated carbocycles. The number of carbonyl (C=O) groups excluding carboxylic acids is 4. The van der Waals surface area contributed by atoms with E-state index in [9.17, 15) is 19.2 Å². The monoisotopic (exact) mass is 1120 g/mol. The van der Waals surface area contributed by atoms with E-state index in [2.05, 4.69) is 58.0 Å². The Labute approximate surface area is 476 Å². The van der Waals surface area contributed by atoms with Crippen molar-refractivity contribution in [1.29, 1.82) is 0 Å². The van der Waals surface area contributed by atoms with Crippen LogP contribution in [0.4, 0.5) is 16.2 Å².